The molecule has 0 unspecified atom stereocenters. The molecule has 0 atom stereocenters. The first-order valence-electron chi connectivity index (χ1n) is 9.66. The van der Waals surface area contributed by atoms with E-state index < -0.39 is 0 Å². The van der Waals surface area contributed by atoms with Crippen molar-refractivity contribution in [1.29, 1.82) is 0 Å². The monoisotopic (exact) mass is 444 g/mol. The van der Waals surface area contributed by atoms with E-state index in [1.165, 1.54) is 0 Å². The molecular formula is C22H22Cl2N4O2. The second kappa shape index (κ2) is 9.08. The van der Waals surface area contributed by atoms with Gasteiger partial charge in [-0.2, -0.15) is 0 Å². The number of ether oxygens (including phenoxy) is 2. The Bertz CT molecular complexity index is 1070. The molecule has 1 aliphatic rings. The smallest absolute Gasteiger partial charge is 0.238 e. The summed E-state index contributed by atoms with van der Waals surface area (Å²) < 4.78 is 13.1. The highest BCUT2D eigenvalue weighted by molar-refractivity contribution is 6.42. The molecule has 1 aromatic heterocycles. The molecule has 8 heteroatoms. The van der Waals surface area contributed by atoms with Gasteiger partial charge in [-0.3, -0.25) is 0 Å². The molecule has 2 heterocycles. The van der Waals surface area contributed by atoms with E-state index in [4.69, 9.17) is 32.7 Å². The van der Waals surface area contributed by atoms with Gasteiger partial charge in [-0.05, 0) is 55.3 Å². The second-order valence-corrected chi connectivity index (χ2v) is 7.91. The van der Waals surface area contributed by atoms with E-state index in [1.807, 2.05) is 50.6 Å². The first kappa shape index (κ1) is 20.7. The Labute approximate surface area is 185 Å². The lowest BCUT2D eigenvalue weighted by molar-refractivity contribution is 0.0701. The zero-order valence-electron chi connectivity index (χ0n) is 16.8. The highest BCUT2D eigenvalue weighted by Crippen LogP contribution is 2.31. The summed E-state index contributed by atoms with van der Waals surface area (Å²) in [6.45, 7) is 7.23. The van der Waals surface area contributed by atoms with Crippen LogP contribution in [0.25, 0.3) is 5.69 Å². The molecule has 1 aliphatic heterocycles. The van der Waals surface area contributed by atoms with Gasteiger partial charge in [-0.1, -0.05) is 23.2 Å². The Balaban J connectivity index is 1.49. The number of aliphatic imine (C=N–C) groups is 1. The molecule has 0 bridgehead atoms. The molecule has 0 spiro atoms. The highest BCUT2D eigenvalue weighted by Gasteiger charge is 2.11. The summed E-state index contributed by atoms with van der Waals surface area (Å²) in [5, 5.41) is 5.47. The minimum Gasteiger partial charge on any atom is -0.437 e. The van der Waals surface area contributed by atoms with Gasteiger partial charge in [-0.15, -0.1) is 5.10 Å². The number of halogens is 2. The summed E-state index contributed by atoms with van der Waals surface area (Å²) in [5.74, 6) is 1.24. The van der Waals surface area contributed by atoms with Crippen molar-refractivity contribution in [1.82, 2.24) is 14.7 Å². The standard InChI is InChI=1S/C22H22Cl2N4O2/c1-15-12-21(16(2)11-20(15)25-14-27-7-9-29-10-8-27)30-22-5-6-28(26-22)17-3-4-18(23)19(24)13-17/h3-6,11-14H,7-10H2,1-2H3. The Morgan fingerprint density at radius 1 is 1.03 bits per heavy atom. The predicted molar refractivity (Wildman–Crippen MR) is 120 cm³/mol. The second-order valence-electron chi connectivity index (χ2n) is 7.10. The van der Waals surface area contributed by atoms with E-state index in [0.29, 0.717) is 15.9 Å². The van der Waals surface area contributed by atoms with Crippen molar-refractivity contribution < 1.29 is 9.47 Å². The molecule has 4 rings (SSSR count). The fourth-order valence-electron chi connectivity index (χ4n) is 3.11. The normalized spacial score (nSPS) is 14.5. The molecule has 0 aliphatic carbocycles. The lowest BCUT2D eigenvalue weighted by Gasteiger charge is -2.24. The Morgan fingerprint density at radius 2 is 1.83 bits per heavy atom. The van der Waals surface area contributed by atoms with Gasteiger partial charge >= 0.3 is 0 Å². The Kier molecular flexibility index (Phi) is 6.27. The van der Waals surface area contributed by atoms with Crippen molar-refractivity contribution in [2.24, 2.45) is 4.99 Å². The molecule has 0 N–H and O–H groups in total. The Morgan fingerprint density at radius 3 is 2.60 bits per heavy atom. The third kappa shape index (κ3) is 4.78. The molecule has 2 aromatic carbocycles. The van der Waals surface area contributed by atoms with Crippen LogP contribution in [0.4, 0.5) is 5.69 Å². The molecule has 0 saturated carbocycles. The minimum atomic E-state index is 0.479. The molecule has 0 amide bonds. The van der Waals surface area contributed by atoms with Crippen LogP contribution in [0.5, 0.6) is 11.6 Å². The number of aromatic nitrogens is 2. The van der Waals surface area contributed by atoms with Gasteiger partial charge < -0.3 is 14.4 Å². The van der Waals surface area contributed by atoms with E-state index >= 15 is 0 Å². The molecule has 30 heavy (non-hydrogen) atoms. The van der Waals surface area contributed by atoms with Crippen molar-refractivity contribution >= 4 is 35.2 Å². The number of nitrogens with zero attached hydrogens (tertiary/aromatic N) is 4. The summed E-state index contributed by atoms with van der Waals surface area (Å²) in [6, 6.07) is 11.2. The maximum absolute atomic E-state index is 6.10. The zero-order valence-corrected chi connectivity index (χ0v) is 18.3. The average molecular weight is 445 g/mol. The van der Waals surface area contributed by atoms with Crippen LogP contribution in [-0.4, -0.2) is 47.3 Å². The van der Waals surface area contributed by atoms with Crippen molar-refractivity contribution in [3.63, 3.8) is 0 Å². The fourth-order valence-corrected chi connectivity index (χ4v) is 3.40. The van der Waals surface area contributed by atoms with E-state index in [0.717, 1.165) is 54.6 Å². The van der Waals surface area contributed by atoms with Gasteiger partial charge in [0, 0.05) is 25.4 Å². The molecule has 3 aromatic rings. The van der Waals surface area contributed by atoms with Crippen LogP contribution in [0.15, 0.2) is 47.6 Å². The zero-order chi connectivity index (χ0) is 21.1. The largest absolute Gasteiger partial charge is 0.437 e. The van der Waals surface area contributed by atoms with Gasteiger partial charge in [0.15, 0.2) is 0 Å². The summed E-state index contributed by atoms with van der Waals surface area (Å²) in [7, 11) is 0. The van der Waals surface area contributed by atoms with Crippen LogP contribution in [-0.2, 0) is 4.74 Å². The van der Waals surface area contributed by atoms with E-state index in [2.05, 4.69) is 15.0 Å². The van der Waals surface area contributed by atoms with Gasteiger partial charge in [0.2, 0.25) is 5.88 Å². The molecule has 1 fully saturated rings. The summed E-state index contributed by atoms with van der Waals surface area (Å²) in [4.78, 5) is 6.81. The van der Waals surface area contributed by atoms with Crippen LogP contribution >= 0.6 is 23.2 Å². The molecule has 0 radical (unpaired) electrons. The van der Waals surface area contributed by atoms with Crippen molar-refractivity contribution in [3.8, 4) is 17.3 Å². The molecule has 6 nitrogen and oxygen atoms in total. The first-order chi connectivity index (χ1) is 14.5. The van der Waals surface area contributed by atoms with Crippen LogP contribution in [0.1, 0.15) is 11.1 Å². The van der Waals surface area contributed by atoms with Gasteiger partial charge in [0.05, 0.1) is 41.0 Å². The lowest BCUT2D eigenvalue weighted by atomic mass is 10.1. The topological polar surface area (TPSA) is 51.9 Å². The lowest BCUT2D eigenvalue weighted by Crippen LogP contribution is -2.35. The SMILES string of the molecule is Cc1cc(Oc2ccn(-c3ccc(Cl)c(Cl)c3)n2)c(C)cc1N=CN1CCOCC1. The molecule has 1 saturated heterocycles. The van der Waals surface area contributed by atoms with E-state index in [9.17, 15) is 0 Å². The number of morpholine rings is 1. The van der Waals surface area contributed by atoms with Crippen molar-refractivity contribution in [3.05, 3.63) is 63.8 Å². The number of aryl methyl sites for hydroxylation is 2. The third-order valence-electron chi connectivity index (χ3n) is 4.85. The minimum absolute atomic E-state index is 0.479. The van der Waals surface area contributed by atoms with Crippen LogP contribution in [0, 0.1) is 13.8 Å². The van der Waals surface area contributed by atoms with E-state index in [1.54, 1.807) is 16.8 Å². The predicted octanol–water partition coefficient (Wildman–Crippen LogP) is 5.58. The van der Waals surface area contributed by atoms with Gasteiger partial charge in [-0.25, -0.2) is 9.67 Å². The van der Waals surface area contributed by atoms with E-state index in [-0.39, 0.29) is 0 Å². The third-order valence-corrected chi connectivity index (χ3v) is 5.59. The average Bonchev–Trinajstić information content (AvgIpc) is 3.21. The maximum atomic E-state index is 6.10. The molecular weight excluding hydrogens is 423 g/mol. The van der Waals surface area contributed by atoms with Crippen LogP contribution in [0.3, 0.4) is 0 Å². The number of hydrogen-bond acceptors (Lipinski definition) is 4. The summed E-state index contributed by atoms with van der Waals surface area (Å²) in [6.07, 6.45) is 3.71. The van der Waals surface area contributed by atoms with Crippen LogP contribution < -0.4 is 4.74 Å². The van der Waals surface area contributed by atoms with Gasteiger partial charge in [0.25, 0.3) is 0 Å². The summed E-state index contributed by atoms with van der Waals surface area (Å²) in [5.41, 5.74) is 3.75. The number of hydrogen-bond donors (Lipinski definition) is 0. The van der Waals surface area contributed by atoms with Crippen LogP contribution in [0.2, 0.25) is 10.0 Å². The van der Waals surface area contributed by atoms with Crippen molar-refractivity contribution in [2.45, 2.75) is 13.8 Å². The fraction of sp³-hybridized carbons (Fsp3) is 0.273. The molecule has 156 valence electrons. The highest BCUT2D eigenvalue weighted by atomic mass is 35.5. The summed E-state index contributed by atoms with van der Waals surface area (Å²) >= 11 is 12.1. The number of benzene rings is 2. The number of rotatable bonds is 5. The van der Waals surface area contributed by atoms with Gasteiger partial charge in [0.1, 0.15) is 5.75 Å². The quantitative estimate of drug-likeness (QED) is 0.380. The first-order valence-corrected chi connectivity index (χ1v) is 10.4. The maximum Gasteiger partial charge on any atom is 0.238 e. The van der Waals surface area contributed by atoms with Crippen molar-refractivity contribution in [2.75, 3.05) is 26.3 Å². The Hall–Kier alpha value is -2.54.